The third-order valence-electron chi connectivity index (χ3n) is 4.24. The van der Waals surface area contributed by atoms with Crippen LogP contribution in [0, 0.1) is 0 Å². The highest BCUT2D eigenvalue weighted by atomic mass is 19.3. The molecule has 7 heteroatoms. The molecule has 0 amide bonds. The zero-order chi connectivity index (χ0) is 19.5. The van der Waals surface area contributed by atoms with Crippen LogP contribution in [0.2, 0.25) is 0 Å². The number of hydrogen-bond donors (Lipinski definition) is 0. The van der Waals surface area contributed by atoms with Gasteiger partial charge in [-0.1, -0.05) is 12.1 Å². The van der Waals surface area contributed by atoms with Crippen LogP contribution in [0.5, 0.6) is 5.75 Å². The normalized spacial score (nSPS) is 11.1. The Kier molecular flexibility index (Phi) is 4.80. The van der Waals surface area contributed by atoms with Gasteiger partial charge in [-0.25, -0.2) is 4.98 Å². The fraction of sp³-hybridized carbons (Fsp3) is 0.0952. The van der Waals surface area contributed by atoms with E-state index in [2.05, 4.69) is 14.7 Å². The molecule has 4 aromatic rings. The first-order valence-electron chi connectivity index (χ1n) is 8.44. The van der Waals surface area contributed by atoms with E-state index in [4.69, 9.17) is 4.42 Å². The molecule has 0 fully saturated rings. The molecule has 4 rings (SSSR count). The third kappa shape index (κ3) is 3.88. The van der Waals surface area contributed by atoms with Crippen LogP contribution in [0.15, 0.2) is 71.7 Å². The van der Waals surface area contributed by atoms with E-state index in [9.17, 15) is 13.6 Å². The standard InChI is InChI=1S/C21H14F2N2O3/c22-21(23)28-18-5-3-13(4-6-18)19(26)9-17-8-16-7-14(20-11-24-12-27-20)1-2-15(16)10-25-17/h1-8,10-12,21H,9H2. The summed E-state index contributed by atoms with van der Waals surface area (Å²) in [5.41, 5.74) is 1.89. The number of pyridine rings is 1. The molecule has 0 aliphatic carbocycles. The van der Waals surface area contributed by atoms with Crippen LogP contribution in [0.4, 0.5) is 8.78 Å². The molecule has 0 aliphatic rings. The summed E-state index contributed by atoms with van der Waals surface area (Å²) < 4.78 is 34.0. The topological polar surface area (TPSA) is 65.2 Å². The second-order valence-corrected chi connectivity index (χ2v) is 6.11. The number of carbonyl (C=O) groups is 1. The highest BCUT2D eigenvalue weighted by Gasteiger charge is 2.11. The number of oxazole rings is 1. The molecule has 28 heavy (non-hydrogen) atoms. The lowest BCUT2D eigenvalue weighted by atomic mass is 10.0. The lowest BCUT2D eigenvalue weighted by Crippen LogP contribution is -2.06. The number of carbonyl (C=O) groups excluding carboxylic acids is 1. The quantitative estimate of drug-likeness (QED) is 0.445. The zero-order valence-corrected chi connectivity index (χ0v) is 14.5. The van der Waals surface area contributed by atoms with Gasteiger partial charge in [-0.15, -0.1) is 0 Å². The van der Waals surface area contributed by atoms with Crippen molar-refractivity contribution in [1.29, 1.82) is 0 Å². The molecule has 2 aromatic heterocycles. The molecule has 0 N–H and O–H groups in total. The SMILES string of the molecule is O=C(Cc1cc2cc(-c3cnco3)ccc2cn1)c1ccc(OC(F)F)cc1. The second-order valence-electron chi connectivity index (χ2n) is 6.11. The first kappa shape index (κ1) is 17.8. The number of benzene rings is 2. The number of ketones is 1. The summed E-state index contributed by atoms with van der Waals surface area (Å²) in [6, 6.07) is 13.2. The monoisotopic (exact) mass is 380 g/mol. The van der Waals surface area contributed by atoms with Crippen LogP contribution in [-0.2, 0) is 6.42 Å². The minimum absolute atomic E-state index is 0.00956. The second kappa shape index (κ2) is 7.56. The lowest BCUT2D eigenvalue weighted by molar-refractivity contribution is -0.0498. The highest BCUT2D eigenvalue weighted by Crippen LogP contribution is 2.24. The van der Waals surface area contributed by atoms with E-state index >= 15 is 0 Å². The smallest absolute Gasteiger partial charge is 0.387 e. The molecular formula is C21H14F2N2O3. The number of fused-ring (bicyclic) bond motifs is 1. The summed E-state index contributed by atoms with van der Waals surface area (Å²) in [7, 11) is 0. The van der Waals surface area contributed by atoms with Gasteiger partial charge in [0.15, 0.2) is 17.9 Å². The predicted molar refractivity (Wildman–Crippen MR) is 98.3 cm³/mol. The molecule has 0 aliphatic heterocycles. The number of halogens is 2. The van der Waals surface area contributed by atoms with Crippen LogP contribution in [0.1, 0.15) is 16.1 Å². The van der Waals surface area contributed by atoms with E-state index in [0.717, 1.165) is 16.3 Å². The Balaban J connectivity index is 1.54. The van der Waals surface area contributed by atoms with Gasteiger partial charge in [-0.05, 0) is 41.8 Å². The van der Waals surface area contributed by atoms with Crippen molar-refractivity contribution in [3.05, 3.63) is 78.6 Å². The van der Waals surface area contributed by atoms with Crippen molar-refractivity contribution in [2.24, 2.45) is 0 Å². The summed E-state index contributed by atoms with van der Waals surface area (Å²) in [6.45, 7) is -2.90. The molecule has 0 spiro atoms. The number of aromatic nitrogens is 2. The average Bonchev–Trinajstić information content (AvgIpc) is 3.22. The van der Waals surface area contributed by atoms with E-state index in [0.29, 0.717) is 17.0 Å². The van der Waals surface area contributed by atoms with Crippen LogP contribution < -0.4 is 4.74 Å². The van der Waals surface area contributed by atoms with E-state index in [-0.39, 0.29) is 18.0 Å². The van der Waals surface area contributed by atoms with Crippen molar-refractivity contribution in [2.45, 2.75) is 13.0 Å². The Hall–Kier alpha value is -3.61. The Bertz CT molecular complexity index is 1110. The molecule has 0 saturated heterocycles. The molecule has 2 heterocycles. The molecule has 2 aromatic carbocycles. The maximum Gasteiger partial charge on any atom is 0.387 e. The van der Waals surface area contributed by atoms with Gasteiger partial charge in [0, 0.05) is 28.4 Å². The van der Waals surface area contributed by atoms with E-state index in [1.54, 1.807) is 12.4 Å². The summed E-state index contributed by atoms with van der Waals surface area (Å²) in [4.78, 5) is 20.7. The molecule has 0 atom stereocenters. The number of ether oxygens (including phenoxy) is 1. The van der Waals surface area contributed by atoms with Gasteiger partial charge >= 0.3 is 6.61 Å². The van der Waals surface area contributed by atoms with Crippen LogP contribution in [0.25, 0.3) is 22.1 Å². The van der Waals surface area contributed by atoms with Crippen LogP contribution in [-0.4, -0.2) is 22.4 Å². The highest BCUT2D eigenvalue weighted by molar-refractivity contribution is 5.98. The minimum atomic E-state index is -2.90. The lowest BCUT2D eigenvalue weighted by Gasteiger charge is -2.06. The fourth-order valence-electron chi connectivity index (χ4n) is 2.88. The summed E-state index contributed by atoms with van der Waals surface area (Å²) in [5.74, 6) is 0.500. The van der Waals surface area contributed by atoms with Gasteiger partial charge in [0.25, 0.3) is 0 Å². The molecular weight excluding hydrogens is 366 g/mol. The number of alkyl halides is 2. The predicted octanol–water partition coefficient (Wildman–Crippen LogP) is 4.92. The Morgan fingerprint density at radius 2 is 1.86 bits per heavy atom. The van der Waals surface area contributed by atoms with Crippen molar-refractivity contribution >= 4 is 16.6 Å². The van der Waals surface area contributed by atoms with Crippen molar-refractivity contribution < 1.29 is 22.7 Å². The minimum Gasteiger partial charge on any atom is -0.444 e. The van der Waals surface area contributed by atoms with Gasteiger partial charge in [0.05, 0.1) is 12.6 Å². The molecule has 0 bridgehead atoms. The maximum atomic E-state index is 12.5. The van der Waals surface area contributed by atoms with Crippen molar-refractivity contribution in [3.63, 3.8) is 0 Å². The van der Waals surface area contributed by atoms with E-state index in [1.807, 2.05) is 24.3 Å². The van der Waals surface area contributed by atoms with Gasteiger partial charge in [0.2, 0.25) is 0 Å². The number of Topliss-reactive ketones (excluding diaryl/α,β-unsaturated/α-hetero) is 1. The fourth-order valence-corrected chi connectivity index (χ4v) is 2.88. The average molecular weight is 380 g/mol. The molecule has 0 unspecified atom stereocenters. The molecule has 0 saturated carbocycles. The van der Waals surface area contributed by atoms with E-state index < -0.39 is 6.61 Å². The van der Waals surface area contributed by atoms with Crippen LogP contribution >= 0.6 is 0 Å². The third-order valence-corrected chi connectivity index (χ3v) is 4.24. The van der Waals surface area contributed by atoms with Gasteiger partial charge in [-0.3, -0.25) is 9.78 Å². The van der Waals surface area contributed by atoms with Crippen molar-refractivity contribution in [3.8, 4) is 17.1 Å². The molecule has 0 radical (unpaired) electrons. The molecule has 140 valence electrons. The Morgan fingerprint density at radius 1 is 1.04 bits per heavy atom. The first-order valence-corrected chi connectivity index (χ1v) is 8.44. The number of rotatable bonds is 6. The zero-order valence-electron chi connectivity index (χ0n) is 14.5. The Morgan fingerprint density at radius 3 is 2.57 bits per heavy atom. The largest absolute Gasteiger partial charge is 0.444 e. The van der Waals surface area contributed by atoms with Gasteiger partial charge in [0.1, 0.15) is 5.75 Å². The Labute approximate surface area is 158 Å². The number of hydrogen-bond acceptors (Lipinski definition) is 5. The van der Waals surface area contributed by atoms with Crippen molar-refractivity contribution in [2.75, 3.05) is 0 Å². The summed E-state index contributed by atoms with van der Waals surface area (Å²) in [6.07, 6.45) is 4.81. The first-order chi connectivity index (χ1) is 13.6. The van der Waals surface area contributed by atoms with Crippen LogP contribution in [0.3, 0.4) is 0 Å². The summed E-state index contributed by atoms with van der Waals surface area (Å²) >= 11 is 0. The van der Waals surface area contributed by atoms with Crippen molar-refractivity contribution in [1.82, 2.24) is 9.97 Å². The van der Waals surface area contributed by atoms with E-state index in [1.165, 1.54) is 30.7 Å². The van der Waals surface area contributed by atoms with Gasteiger partial charge < -0.3 is 9.15 Å². The molecule has 5 nitrogen and oxygen atoms in total. The van der Waals surface area contributed by atoms with Gasteiger partial charge in [-0.2, -0.15) is 8.78 Å². The maximum absolute atomic E-state index is 12.5. The summed E-state index contributed by atoms with van der Waals surface area (Å²) in [5, 5.41) is 1.86. The number of nitrogens with zero attached hydrogens (tertiary/aromatic N) is 2.